The fraction of sp³-hybridized carbons (Fsp3) is 0.500. The van der Waals surface area contributed by atoms with E-state index in [1.165, 1.54) is 4.90 Å². The Morgan fingerprint density at radius 1 is 1.53 bits per heavy atom. The summed E-state index contributed by atoms with van der Waals surface area (Å²) in [5.41, 5.74) is 0.974. The van der Waals surface area contributed by atoms with Gasteiger partial charge in [0.1, 0.15) is 0 Å². The minimum absolute atomic E-state index is 0.555. The van der Waals surface area contributed by atoms with Crippen LogP contribution in [0.25, 0.3) is 0 Å². The van der Waals surface area contributed by atoms with Gasteiger partial charge in [0.25, 0.3) is 0 Å². The highest BCUT2D eigenvalue weighted by Crippen LogP contribution is 2.02. The number of aryl methyl sites for hydroxylation is 1. The van der Waals surface area contributed by atoms with Gasteiger partial charge in [-0.1, -0.05) is 6.08 Å². The first-order valence-electron chi connectivity index (χ1n) is 5.80. The number of nitrogens with zero attached hydrogens (tertiary/aromatic N) is 2. The zero-order valence-electron chi connectivity index (χ0n) is 9.93. The molecule has 1 aromatic heterocycles. The number of hydrogen-bond donors (Lipinski definition) is 2. The van der Waals surface area contributed by atoms with Gasteiger partial charge in [-0.2, -0.15) is 0 Å². The van der Waals surface area contributed by atoms with E-state index in [1.807, 2.05) is 12.3 Å². The monoisotopic (exact) mass is 237 g/mol. The third-order valence-electron chi connectivity index (χ3n) is 2.52. The number of carboxylic acid groups (broad SMARTS) is 1. The quantitative estimate of drug-likeness (QED) is 0.538. The van der Waals surface area contributed by atoms with Crippen molar-refractivity contribution in [3.05, 3.63) is 30.9 Å². The van der Waals surface area contributed by atoms with E-state index in [0.717, 1.165) is 31.4 Å². The summed E-state index contributed by atoms with van der Waals surface area (Å²) in [6.07, 6.45) is 7.71. The Labute approximate surface area is 101 Å². The normalized spacial score (nSPS) is 10.1. The summed E-state index contributed by atoms with van der Waals surface area (Å²) < 4.78 is 0. The molecule has 0 aliphatic rings. The van der Waals surface area contributed by atoms with Crippen LogP contribution in [0.1, 0.15) is 25.0 Å². The van der Waals surface area contributed by atoms with Gasteiger partial charge in [-0.25, -0.2) is 9.78 Å². The number of carbonyl (C=O) groups is 1. The third-order valence-corrected chi connectivity index (χ3v) is 2.52. The van der Waals surface area contributed by atoms with Gasteiger partial charge in [0.2, 0.25) is 0 Å². The number of imidazole rings is 1. The molecular formula is C12H19N3O2. The molecule has 0 unspecified atom stereocenters. The Morgan fingerprint density at radius 2 is 2.29 bits per heavy atom. The van der Waals surface area contributed by atoms with Gasteiger partial charge >= 0.3 is 6.09 Å². The highest BCUT2D eigenvalue weighted by molar-refractivity contribution is 5.64. The number of unbranched alkanes of at least 4 members (excludes halogenated alkanes) is 1. The van der Waals surface area contributed by atoms with E-state index in [1.54, 1.807) is 6.33 Å². The summed E-state index contributed by atoms with van der Waals surface area (Å²) in [4.78, 5) is 19.4. The highest BCUT2D eigenvalue weighted by atomic mass is 16.4. The molecule has 1 heterocycles. The molecule has 5 heteroatoms. The van der Waals surface area contributed by atoms with Crippen molar-refractivity contribution < 1.29 is 9.90 Å². The van der Waals surface area contributed by atoms with E-state index < -0.39 is 6.09 Å². The summed E-state index contributed by atoms with van der Waals surface area (Å²) in [7, 11) is 0. The first kappa shape index (κ1) is 13.3. The van der Waals surface area contributed by atoms with Crippen molar-refractivity contribution in [1.29, 1.82) is 0 Å². The molecular weight excluding hydrogens is 218 g/mol. The minimum atomic E-state index is -0.851. The van der Waals surface area contributed by atoms with Crippen LogP contribution in [0.4, 0.5) is 4.79 Å². The second-order valence-electron chi connectivity index (χ2n) is 3.86. The Kier molecular flexibility index (Phi) is 5.85. The van der Waals surface area contributed by atoms with E-state index in [9.17, 15) is 4.79 Å². The van der Waals surface area contributed by atoms with Gasteiger partial charge in [0, 0.05) is 19.3 Å². The second-order valence-corrected chi connectivity index (χ2v) is 3.86. The number of aromatic nitrogens is 2. The number of amides is 1. The van der Waals surface area contributed by atoms with Gasteiger partial charge in [-0.15, -0.1) is 6.58 Å². The van der Waals surface area contributed by atoms with Crippen LogP contribution in [0.5, 0.6) is 0 Å². The average molecular weight is 237 g/mol. The number of hydrogen-bond acceptors (Lipinski definition) is 2. The predicted octanol–water partition coefficient (Wildman–Crippen LogP) is 2.29. The molecule has 94 valence electrons. The Balaban J connectivity index is 2.24. The van der Waals surface area contributed by atoms with Gasteiger partial charge < -0.3 is 15.0 Å². The second kappa shape index (κ2) is 7.49. The van der Waals surface area contributed by atoms with Gasteiger partial charge in [-0.3, -0.25) is 0 Å². The SMILES string of the molecule is C=CCCCN(CCCc1c[nH]cn1)C(=O)O. The Morgan fingerprint density at radius 3 is 2.88 bits per heavy atom. The summed E-state index contributed by atoms with van der Waals surface area (Å²) in [5.74, 6) is 0. The first-order valence-corrected chi connectivity index (χ1v) is 5.80. The average Bonchev–Trinajstić information content (AvgIpc) is 2.80. The number of H-pyrrole nitrogens is 1. The Bertz CT molecular complexity index is 336. The molecule has 0 aromatic carbocycles. The van der Waals surface area contributed by atoms with Crippen molar-refractivity contribution in [3.8, 4) is 0 Å². The molecule has 0 saturated carbocycles. The predicted molar refractivity (Wildman–Crippen MR) is 65.9 cm³/mol. The van der Waals surface area contributed by atoms with Gasteiger partial charge in [-0.05, 0) is 25.7 Å². The molecule has 0 aliphatic heterocycles. The lowest BCUT2D eigenvalue weighted by Crippen LogP contribution is -2.31. The summed E-state index contributed by atoms with van der Waals surface area (Å²) in [6.45, 7) is 4.75. The van der Waals surface area contributed by atoms with Gasteiger partial charge in [0.05, 0.1) is 12.0 Å². The molecule has 0 aliphatic carbocycles. The minimum Gasteiger partial charge on any atom is -0.465 e. The third kappa shape index (κ3) is 5.19. The Hall–Kier alpha value is -1.78. The van der Waals surface area contributed by atoms with Crippen LogP contribution < -0.4 is 0 Å². The van der Waals surface area contributed by atoms with Crippen LogP contribution in [-0.4, -0.2) is 39.2 Å². The van der Waals surface area contributed by atoms with E-state index >= 15 is 0 Å². The number of rotatable bonds is 8. The largest absolute Gasteiger partial charge is 0.465 e. The molecule has 0 bridgehead atoms. The fourth-order valence-electron chi connectivity index (χ4n) is 1.61. The van der Waals surface area contributed by atoms with E-state index in [0.29, 0.717) is 13.1 Å². The van der Waals surface area contributed by atoms with Crippen LogP contribution in [0.15, 0.2) is 25.2 Å². The maximum atomic E-state index is 11.0. The maximum Gasteiger partial charge on any atom is 0.407 e. The lowest BCUT2D eigenvalue weighted by molar-refractivity contribution is 0.144. The van der Waals surface area contributed by atoms with Crippen LogP contribution in [0.2, 0.25) is 0 Å². The fourth-order valence-corrected chi connectivity index (χ4v) is 1.61. The summed E-state index contributed by atoms with van der Waals surface area (Å²) in [5, 5.41) is 9.01. The van der Waals surface area contributed by atoms with E-state index in [-0.39, 0.29) is 0 Å². The molecule has 17 heavy (non-hydrogen) atoms. The zero-order chi connectivity index (χ0) is 12.5. The van der Waals surface area contributed by atoms with Crippen molar-refractivity contribution in [2.75, 3.05) is 13.1 Å². The molecule has 5 nitrogen and oxygen atoms in total. The van der Waals surface area contributed by atoms with E-state index in [2.05, 4.69) is 16.5 Å². The van der Waals surface area contributed by atoms with Crippen LogP contribution in [0, 0.1) is 0 Å². The van der Waals surface area contributed by atoms with E-state index in [4.69, 9.17) is 5.11 Å². The summed E-state index contributed by atoms with van der Waals surface area (Å²) in [6, 6.07) is 0. The lowest BCUT2D eigenvalue weighted by Gasteiger charge is -2.18. The summed E-state index contributed by atoms with van der Waals surface area (Å²) >= 11 is 0. The molecule has 0 radical (unpaired) electrons. The smallest absolute Gasteiger partial charge is 0.407 e. The number of nitrogens with one attached hydrogen (secondary N) is 1. The topological polar surface area (TPSA) is 69.2 Å². The van der Waals surface area contributed by atoms with Crippen molar-refractivity contribution in [3.63, 3.8) is 0 Å². The molecule has 0 saturated heterocycles. The molecule has 0 spiro atoms. The molecule has 1 amide bonds. The van der Waals surface area contributed by atoms with Crippen LogP contribution in [-0.2, 0) is 6.42 Å². The molecule has 0 atom stereocenters. The van der Waals surface area contributed by atoms with Gasteiger partial charge in [0.15, 0.2) is 0 Å². The zero-order valence-corrected chi connectivity index (χ0v) is 9.93. The van der Waals surface area contributed by atoms with Crippen LogP contribution >= 0.6 is 0 Å². The number of aromatic amines is 1. The van der Waals surface area contributed by atoms with Crippen LogP contribution in [0.3, 0.4) is 0 Å². The maximum absolute atomic E-state index is 11.0. The number of allylic oxidation sites excluding steroid dienone is 1. The lowest BCUT2D eigenvalue weighted by atomic mass is 10.2. The molecule has 1 rings (SSSR count). The standard InChI is InChI=1S/C12H19N3O2/c1-2-3-4-7-15(12(16)17)8-5-6-11-9-13-10-14-11/h2,9-10H,1,3-8H2,(H,13,14)(H,16,17). The highest BCUT2D eigenvalue weighted by Gasteiger charge is 2.10. The molecule has 0 fully saturated rings. The van der Waals surface area contributed by atoms with Crippen molar-refractivity contribution in [2.24, 2.45) is 0 Å². The van der Waals surface area contributed by atoms with Crippen molar-refractivity contribution in [1.82, 2.24) is 14.9 Å². The van der Waals surface area contributed by atoms with Crippen molar-refractivity contribution >= 4 is 6.09 Å². The first-order chi connectivity index (χ1) is 8.24. The molecule has 2 N–H and O–H groups in total. The van der Waals surface area contributed by atoms with Crippen molar-refractivity contribution in [2.45, 2.75) is 25.7 Å². The molecule has 1 aromatic rings.